The fraction of sp³-hybridized carbons (Fsp3) is 0.263. The zero-order valence-electron chi connectivity index (χ0n) is 15.7. The molecule has 2 heterocycles. The van der Waals surface area contributed by atoms with E-state index in [1.165, 1.54) is 24.2 Å². The maximum absolute atomic E-state index is 14.1. The lowest BCUT2D eigenvalue weighted by atomic mass is 10.1. The number of hydrogen-bond acceptors (Lipinski definition) is 7. The highest BCUT2D eigenvalue weighted by Crippen LogP contribution is 2.33. The van der Waals surface area contributed by atoms with Gasteiger partial charge in [0.25, 0.3) is 0 Å². The second-order valence-corrected chi connectivity index (χ2v) is 7.00. The van der Waals surface area contributed by atoms with Gasteiger partial charge >= 0.3 is 0 Å². The van der Waals surface area contributed by atoms with Crippen LogP contribution in [-0.2, 0) is 4.74 Å². The van der Waals surface area contributed by atoms with Gasteiger partial charge in [0.05, 0.1) is 19.9 Å². The van der Waals surface area contributed by atoms with Crippen molar-refractivity contribution in [1.29, 1.82) is 0 Å². The Labute approximate surface area is 166 Å². The van der Waals surface area contributed by atoms with Crippen LogP contribution in [0.5, 0.6) is 11.5 Å². The maximum Gasteiger partial charge on any atom is 0.233 e. The summed E-state index contributed by atoms with van der Waals surface area (Å²) in [5, 5.41) is 0. The van der Waals surface area contributed by atoms with Crippen LogP contribution in [0, 0.1) is 11.6 Å². The average molecular weight is 406 g/mol. The number of rotatable bonds is 7. The van der Waals surface area contributed by atoms with E-state index in [4.69, 9.17) is 9.47 Å². The van der Waals surface area contributed by atoms with Gasteiger partial charge in [0.15, 0.2) is 17.3 Å². The van der Waals surface area contributed by atoms with E-state index in [1.807, 2.05) is 31.1 Å². The van der Waals surface area contributed by atoms with Gasteiger partial charge in [-0.2, -0.15) is 0 Å². The van der Waals surface area contributed by atoms with Crippen LogP contribution in [0.3, 0.4) is 0 Å². The summed E-state index contributed by atoms with van der Waals surface area (Å²) in [5.74, 6) is 0.614. The summed E-state index contributed by atoms with van der Waals surface area (Å²) in [7, 11) is 3.50. The number of ether oxygens (including phenoxy) is 2. The molecule has 28 heavy (non-hydrogen) atoms. The molecular formula is C19H20F2N4O2S. The number of nitrogens with one attached hydrogen (secondary N) is 1. The first-order valence-corrected chi connectivity index (χ1v) is 9.53. The number of anilines is 1. The summed E-state index contributed by atoms with van der Waals surface area (Å²) in [4.78, 5) is 10.7. The molecule has 9 heteroatoms. The SMILES string of the molecule is CCSNc1ncc(Oc2ccc(F)cc2F)c(C2=CN(C)CC(OC)=C2)n1. The van der Waals surface area contributed by atoms with Crippen molar-refractivity contribution >= 4 is 23.5 Å². The average Bonchev–Trinajstić information content (AvgIpc) is 2.68. The number of nitrogens with zero attached hydrogens (tertiary/aromatic N) is 3. The quantitative estimate of drug-likeness (QED) is 0.682. The highest BCUT2D eigenvalue weighted by atomic mass is 32.2. The van der Waals surface area contributed by atoms with Crippen molar-refractivity contribution in [2.24, 2.45) is 0 Å². The molecule has 0 saturated carbocycles. The van der Waals surface area contributed by atoms with E-state index in [0.29, 0.717) is 18.2 Å². The second kappa shape index (κ2) is 8.92. The van der Waals surface area contributed by atoms with Crippen LogP contribution in [0.1, 0.15) is 12.6 Å². The molecule has 2 aromatic rings. The van der Waals surface area contributed by atoms with E-state index in [2.05, 4.69) is 14.7 Å². The Kier molecular flexibility index (Phi) is 6.35. The van der Waals surface area contributed by atoms with E-state index < -0.39 is 11.6 Å². The van der Waals surface area contributed by atoms with Gasteiger partial charge in [-0.1, -0.05) is 18.9 Å². The normalized spacial score (nSPS) is 13.7. The third kappa shape index (κ3) is 4.72. The topological polar surface area (TPSA) is 59.5 Å². The number of benzene rings is 1. The molecule has 1 aromatic carbocycles. The number of hydrogen-bond donors (Lipinski definition) is 1. The van der Waals surface area contributed by atoms with E-state index in [-0.39, 0.29) is 11.5 Å². The number of allylic oxidation sites excluding steroid dienone is 2. The predicted molar refractivity (Wildman–Crippen MR) is 106 cm³/mol. The summed E-state index contributed by atoms with van der Waals surface area (Å²) in [6.07, 6.45) is 5.18. The van der Waals surface area contributed by atoms with Gasteiger partial charge in [0.1, 0.15) is 17.3 Å². The zero-order chi connectivity index (χ0) is 20.1. The lowest BCUT2D eigenvalue weighted by Crippen LogP contribution is -2.19. The Hall–Kier alpha value is -2.81. The molecule has 6 nitrogen and oxygen atoms in total. The molecule has 0 spiro atoms. The third-order valence-corrected chi connectivity index (χ3v) is 4.41. The van der Waals surface area contributed by atoms with Crippen LogP contribution in [0.25, 0.3) is 5.57 Å². The van der Waals surface area contributed by atoms with Crippen molar-refractivity contribution in [3.8, 4) is 11.5 Å². The summed E-state index contributed by atoms with van der Waals surface area (Å²) in [6, 6.07) is 3.12. The van der Waals surface area contributed by atoms with E-state index in [9.17, 15) is 8.78 Å². The Bertz CT molecular complexity index is 921. The van der Waals surface area contributed by atoms with E-state index >= 15 is 0 Å². The van der Waals surface area contributed by atoms with Crippen LogP contribution < -0.4 is 9.46 Å². The van der Waals surface area contributed by atoms with Crippen molar-refractivity contribution in [2.75, 3.05) is 31.2 Å². The van der Waals surface area contributed by atoms with Crippen LogP contribution >= 0.6 is 11.9 Å². The van der Waals surface area contributed by atoms with Gasteiger partial charge in [-0.05, 0) is 18.2 Å². The van der Waals surface area contributed by atoms with E-state index in [1.54, 1.807) is 7.11 Å². The van der Waals surface area contributed by atoms with Gasteiger partial charge in [0, 0.05) is 30.6 Å². The van der Waals surface area contributed by atoms with Crippen molar-refractivity contribution in [2.45, 2.75) is 6.92 Å². The molecule has 1 aromatic heterocycles. The zero-order valence-corrected chi connectivity index (χ0v) is 16.5. The monoisotopic (exact) mass is 406 g/mol. The molecule has 0 fully saturated rings. The Balaban J connectivity index is 2.02. The minimum absolute atomic E-state index is 0.115. The van der Waals surface area contributed by atoms with Crippen molar-refractivity contribution in [3.05, 3.63) is 59.8 Å². The van der Waals surface area contributed by atoms with Gasteiger partial charge in [-0.3, -0.25) is 4.72 Å². The molecule has 0 radical (unpaired) electrons. The minimum atomic E-state index is -0.808. The molecular weight excluding hydrogens is 386 g/mol. The van der Waals surface area contributed by atoms with Crippen LogP contribution in [0.4, 0.5) is 14.7 Å². The lowest BCUT2D eigenvalue weighted by molar-refractivity contribution is 0.254. The highest BCUT2D eigenvalue weighted by molar-refractivity contribution is 8.00. The lowest BCUT2D eigenvalue weighted by Gasteiger charge is -2.23. The maximum atomic E-state index is 14.1. The van der Waals surface area contributed by atoms with Gasteiger partial charge in [-0.15, -0.1) is 0 Å². The van der Waals surface area contributed by atoms with Gasteiger partial charge in [0.2, 0.25) is 5.95 Å². The number of likely N-dealkylation sites (N-methyl/N-ethyl adjacent to an activating group) is 1. The summed E-state index contributed by atoms with van der Waals surface area (Å²) in [6.45, 7) is 2.62. The Morgan fingerprint density at radius 3 is 2.82 bits per heavy atom. The second-order valence-electron chi connectivity index (χ2n) is 5.93. The molecule has 148 valence electrons. The summed E-state index contributed by atoms with van der Waals surface area (Å²) < 4.78 is 41.3. The summed E-state index contributed by atoms with van der Waals surface area (Å²) >= 11 is 1.45. The molecule has 0 saturated heterocycles. The molecule has 1 aliphatic heterocycles. The molecule has 3 rings (SSSR count). The van der Waals surface area contributed by atoms with E-state index in [0.717, 1.165) is 29.2 Å². The third-order valence-electron chi connectivity index (χ3n) is 3.79. The van der Waals surface area contributed by atoms with Gasteiger partial charge < -0.3 is 14.4 Å². The van der Waals surface area contributed by atoms with Crippen LogP contribution in [0.15, 0.2) is 42.4 Å². The first-order chi connectivity index (χ1) is 13.5. The van der Waals surface area contributed by atoms with Crippen molar-refractivity contribution in [1.82, 2.24) is 14.9 Å². The Morgan fingerprint density at radius 1 is 1.29 bits per heavy atom. The molecule has 1 aliphatic rings. The number of methoxy groups -OCH3 is 1. The first-order valence-electron chi connectivity index (χ1n) is 8.55. The van der Waals surface area contributed by atoms with Crippen molar-refractivity contribution < 1.29 is 18.3 Å². The molecule has 0 amide bonds. The number of halogens is 2. The smallest absolute Gasteiger partial charge is 0.233 e. The fourth-order valence-corrected chi connectivity index (χ4v) is 2.92. The molecule has 0 aliphatic carbocycles. The largest absolute Gasteiger partial charge is 0.499 e. The van der Waals surface area contributed by atoms with Crippen LogP contribution in [-0.4, -0.2) is 41.3 Å². The predicted octanol–water partition coefficient (Wildman–Crippen LogP) is 4.44. The fourth-order valence-electron chi connectivity index (χ4n) is 2.55. The highest BCUT2D eigenvalue weighted by Gasteiger charge is 2.19. The molecule has 0 atom stereocenters. The van der Waals surface area contributed by atoms with Gasteiger partial charge in [-0.25, -0.2) is 18.7 Å². The molecule has 0 bridgehead atoms. The van der Waals surface area contributed by atoms with Crippen LogP contribution in [0.2, 0.25) is 0 Å². The molecule has 0 unspecified atom stereocenters. The van der Waals surface area contributed by atoms with Crippen molar-refractivity contribution in [3.63, 3.8) is 0 Å². The standard InChI is InChI=1S/C19H20F2N4O2S/c1-4-28-24-19-22-9-17(27-16-6-5-13(20)8-15(16)21)18(23-19)12-7-14(26-3)11-25(2)10-12/h5-10H,4,11H2,1-3H3,(H,22,23,24). The summed E-state index contributed by atoms with van der Waals surface area (Å²) in [5.41, 5.74) is 1.18. The Morgan fingerprint density at radius 2 is 2.11 bits per heavy atom. The first kappa shape index (κ1) is 19.9. The number of aromatic nitrogens is 2. The minimum Gasteiger partial charge on any atom is -0.499 e. The molecule has 1 N–H and O–H groups in total.